The molecule has 3 heteroatoms. The van der Waals surface area contributed by atoms with Gasteiger partial charge in [0.1, 0.15) is 0 Å². The highest BCUT2D eigenvalue weighted by molar-refractivity contribution is 5.98. The van der Waals surface area contributed by atoms with Crippen LogP contribution in [-0.2, 0) is 6.42 Å². The molecular formula is C15H22N2O. The number of hydrogen-bond acceptors (Lipinski definition) is 3. The van der Waals surface area contributed by atoms with Crippen LogP contribution in [0.2, 0.25) is 0 Å². The lowest BCUT2D eigenvalue weighted by Gasteiger charge is -2.16. The Bertz CT molecular complexity index is 438. The average Bonchev–Trinajstić information content (AvgIpc) is 2.74. The van der Waals surface area contributed by atoms with E-state index in [9.17, 15) is 4.79 Å². The van der Waals surface area contributed by atoms with Gasteiger partial charge in [-0.2, -0.15) is 0 Å². The van der Waals surface area contributed by atoms with Gasteiger partial charge in [-0.3, -0.25) is 9.69 Å². The van der Waals surface area contributed by atoms with Crippen LogP contribution in [-0.4, -0.2) is 36.4 Å². The van der Waals surface area contributed by atoms with E-state index in [0.29, 0.717) is 12.6 Å². The summed E-state index contributed by atoms with van der Waals surface area (Å²) in [4.78, 5) is 14.3. The molecule has 1 unspecified atom stereocenters. The predicted molar refractivity (Wildman–Crippen MR) is 75.3 cm³/mol. The van der Waals surface area contributed by atoms with Gasteiger partial charge in [0.2, 0.25) is 0 Å². The fraction of sp³-hybridized carbons (Fsp3) is 0.533. The number of nitrogens with zero attached hydrogens (tertiary/aromatic N) is 1. The van der Waals surface area contributed by atoms with Gasteiger partial charge >= 0.3 is 0 Å². The van der Waals surface area contributed by atoms with Crippen LogP contribution in [0, 0.1) is 0 Å². The number of carbonyl (C=O) groups is 1. The number of carbonyl (C=O) groups excluding carboxylic acids is 1. The second kappa shape index (κ2) is 5.53. The smallest absolute Gasteiger partial charge is 0.176 e. The van der Waals surface area contributed by atoms with Crippen molar-refractivity contribution >= 4 is 11.5 Å². The summed E-state index contributed by atoms with van der Waals surface area (Å²) in [7, 11) is 0. The first-order chi connectivity index (χ1) is 8.63. The number of Topliss-reactive ketones (excluding diaryl/α,β-unsaturated/α-hetero) is 1. The first kappa shape index (κ1) is 13.1. The van der Waals surface area contributed by atoms with Gasteiger partial charge in [0.05, 0.1) is 6.54 Å². The van der Waals surface area contributed by atoms with Crippen LogP contribution in [0.15, 0.2) is 18.2 Å². The summed E-state index contributed by atoms with van der Waals surface area (Å²) in [5, 5.41) is 3.40. The van der Waals surface area contributed by atoms with Crippen molar-refractivity contribution in [2.24, 2.45) is 0 Å². The summed E-state index contributed by atoms with van der Waals surface area (Å²) in [5.74, 6) is 0.223. The summed E-state index contributed by atoms with van der Waals surface area (Å²) >= 11 is 0. The second-order valence-corrected chi connectivity index (χ2v) is 5.01. The molecule has 1 aromatic carbocycles. The summed E-state index contributed by atoms with van der Waals surface area (Å²) in [5.41, 5.74) is 3.30. The highest BCUT2D eigenvalue weighted by atomic mass is 16.1. The Morgan fingerprint density at radius 1 is 1.39 bits per heavy atom. The number of ketones is 1. The van der Waals surface area contributed by atoms with Gasteiger partial charge in [-0.1, -0.05) is 13.8 Å². The maximum Gasteiger partial charge on any atom is 0.176 e. The van der Waals surface area contributed by atoms with Gasteiger partial charge in [-0.05, 0) is 50.2 Å². The largest absolute Gasteiger partial charge is 0.382 e. The number of hydrogen-bond donors (Lipinski definition) is 1. The molecule has 1 aliphatic heterocycles. The predicted octanol–water partition coefficient (Wildman–Crippen LogP) is 2.57. The van der Waals surface area contributed by atoms with Gasteiger partial charge in [-0.25, -0.2) is 0 Å². The van der Waals surface area contributed by atoms with E-state index in [2.05, 4.69) is 37.1 Å². The zero-order valence-electron chi connectivity index (χ0n) is 11.5. The molecule has 1 heterocycles. The van der Waals surface area contributed by atoms with Crippen LogP contribution in [0.25, 0.3) is 0 Å². The Balaban J connectivity index is 2.10. The molecule has 2 rings (SSSR count). The molecule has 1 aliphatic rings. The maximum atomic E-state index is 12.2. The molecule has 0 spiro atoms. The van der Waals surface area contributed by atoms with Crippen molar-refractivity contribution in [3.63, 3.8) is 0 Å². The lowest BCUT2D eigenvalue weighted by Crippen LogP contribution is -2.29. The monoisotopic (exact) mass is 246 g/mol. The molecule has 0 aliphatic carbocycles. The third kappa shape index (κ3) is 2.72. The summed E-state index contributed by atoms with van der Waals surface area (Å²) in [6.45, 7) is 8.71. The number of nitrogens with one attached hydrogen (secondary N) is 1. The summed E-state index contributed by atoms with van der Waals surface area (Å²) < 4.78 is 0. The molecule has 0 radical (unpaired) electrons. The Morgan fingerprint density at radius 3 is 2.78 bits per heavy atom. The van der Waals surface area contributed by atoms with Crippen molar-refractivity contribution < 1.29 is 4.79 Å². The van der Waals surface area contributed by atoms with Crippen LogP contribution < -0.4 is 5.32 Å². The zero-order chi connectivity index (χ0) is 13.1. The van der Waals surface area contributed by atoms with E-state index in [1.165, 1.54) is 11.3 Å². The fourth-order valence-electron chi connectivity index (χ4n) is 2.46. The van der Waals surface area contributed by atoms with E-state index < -0.39 is 0 Å². The van der Waals surface area contributed by atoms with Crippen LogP contribution in [0.1, 0.15) is 36.7 Å². The molecule has 18 heavy (non-hydrogen) atoms. The van der Waals surface area contributed by atoms with Gasteiger partial charge in [0.15, 0.2) is 5.78 Å². The Labute approximate surface area is 109 Å². The molecule has 0 amide bonds. The molecule has 0 saturated carbocycles. The number of benzene rings is 1. The van der Waals surface area contributed by atoms with Crippen molar-refractivity contribution in [3.05, 3.63) is 29.3 Å². The SMILES string of the molecule is CCN(CC)CC(=O)c1ccc2c(c1)CC(C)N2. The highest BCUT2D eigenvalue weighted by Gasteiger charge is 2.18. The molecule has 1 N–H and O–H groups in total. The third-order valence-electron chi connectivity index (χ3n) is 3.62. The Morgan fingerprint density at radius 2 is 2.11 bits per heavy atom. The molecule has 0 fully saturated rings. The van der Waals surface area contributed by atoms with E-state index in [0.717, 1.165) is 25.1 Å². The number of rotatable bonds is 5. The molecule has 0 bridgehead atoms. The lowest BCUT2D eigenvalue weighted by atomic mass is 10.0. The van der Waals surface area contributed by atoms with E-state index in [4.69, 9.17) is 0 Å². The van der Waals surface area contributed by atoms with Gasteiger partial charge in [0.25, 0.3) is 0 Å². The van der Waals surface area contributed by atoms with Crippen molar-refractivity contribution in [1.29, 1.82) is 0 Å². The minimum Gasteiger partial charge on any atom is -0.382 e. The highest BCUT2D eigenvalue weighted by Crippen LogP contribution is 2.26. The molecule has 98 valence electrons. The Hall–Kier alpha value is -1.35. The minimum absolute atomic E-state index is 0.223. The minimum atomic E-state index is 0.223. The van der Waals surface area contributed by atoms with E-state index >= 15 is 0 Å². The van der Waals surface area contributed by atoms with E-state index in [-0.39, 0.29) is 5.78 Å². The van der Waals surface area contributed by atoms with Crippen molar-refractivity contribution in [3.8, 4) is 0 Å². The number of likely N-dealkylation sites (N-methyl/N-ethyl adjacent to an activating group) is 1. The number of fused-ring (bicyclic) bond motifs is 1. The summed E-state index contributed by atoms with van der Waals surface area (Å²) in [6.07, 6.45) is 1.02. The quantitative estimate of drug-likeness (QED) is 0.810. The molecule has 0 saturated heterocycles. The average molecular weight is 246 g/mol. The number of anilines is 1. The van der Waals surface area contributed by atoms with Crippen LogP contribution in [0.5, 0.6) is 0 Å². The van der Waals surface area contributed by atoms with Gasteiger partial charge in [0, 0.05) is 17.3 Å². The van der Waals surface area contributed by atoms with E-state index in [1.807, 2.05) is 12.1 Å². The first-order valence-electron chi connectivity index (χ1n) is 6.79. The maximum absolute atomic E-state index is 12.2. The molecule has 1 aromatic rings. The van der Waals surface area contributed by atoms with Crippen molar-refractivity contribution in [1.82, 2.24) is 4.90 Å². The van der Waals surface area contributed by atoms with Crippen molar-refractivity contribution in [2.45, 2.75) is 33.2 Å². The fourth-order valence-corrected chi connectivity index (χ4v) is 2.46. The van der Waals surface area contributed by atoms with Crippen LogP contribution in [0.4, 0.5) is 5.69 Å². The standard InChI is InChI=1S/C15H22N2O/c1-4-17(5-2)10-15(18)12-6-7-14-13(9-12)8-11(3)16-14/h6-7,9,11,16H,4-5,8,10H2,1-3H3. The van der Waals surface area contributed by atoms with Crippen LogP contribution >= 0.6 is 0 Å². The Kier molecular flexibility index (Phi) is 4.02. The second-order valence-electron chi connectivity index (χ2n) is 5.01. The molecular weight excluding hydrogens is 224 g/mol. The van der Waals surface area contributed by atoms with Crippen molar-refractivity contribution in [2.75, 3.05) is 25.0 Å². The summed E-state index contributed by atoms with van der Waals surface area (Å²) in [6, 6.07) is 6.51. The first-order valence-corrected chi connectivity index (χ1v) is 6.79. The molecule has 3 nitrogen and oxygen atoms in total. The van der Waals surface area contributed by atoms with Gasteiger partial charge in [-0.15, -0.1) is 0 Å². The normalized spacial score (nSPS) is 17.7. The van der Waals surface area contributed by atoms with Gasteiger partial charge < -0.3 is 5.32 Å². The van der Waals surface area contributed by atoms with E-state index in [1.54, 1.807) is 0 Å². The topological polar surface area (TPSA) is 32.3 Å². The lowest BCUT2D eigenvalue weighted by molar-refractivity contribution is 0.0937. The molecule has 1 atom stereocenters. The molecule has 0 aromatic heterocycles. The van der Waals surface area contributed by atoms with Crippen LogP contribution in [0.3, 0.4) is 0 Å². The zero-order valence-corrected chi connectivity index (χ0v) is 11.5. The third-order valence-corrected chi connectivity index (χ3v) is 3.62.